The molecule has 1 fully saturated rings. The summed E-state index contributed by atoms with van der Waals surface area (Å²) in [6, 6.07) is 1.80. The third-order valence-corrected chi connectivity index (χ3v) is 5.07. The summed E-state index contributed by atoms with van der Waals surface area (Å²) in [5, 5.41) is 10.7. The first kappa shape index (κ1) is 11.9. The van der Waals surface area contributed by atoms with Gasteiger partial charge in [-0.1, -0.05) is 11.6 Å². The minimum absolute atomic E-state index is 0.0691. The minimum Gasteiger partial charge on any atom is -0.385 e. The van der Waals surface area contributed by atoms with Gasteiger partial charge in [0.15, 0.2) is 0 Å². The molecule has 2 rings (SSSR count). The van der Waals surface area contributed by atoms with Crippen molar-refractivity contribution in [2.75, 3.05) is 6.61 Å². The van der Waals surface area contributed by atoms with E-state index in [0.29, 0.717) is 5.02 Å². The number of thiophene rings is 1. The number of aliphatic hydroxyl groups excluding tert-OH is 1. The third kappa shape index (κ3) is 2.74. The molecule has 1 aliphatic heterocycles. The van der Waals surface area contributed by atoms with Crippen LogP contribution in [0.1, 0.15) is 30.2 Å². The van der Waals surface area contributed by atoms with Gasteiger partial charge in [0.2, 0.25) is 0 Å². The Morgan fingerprint density at radius 2 is 2.40 bits per heavy atom. The van der Waals surface area contributed by atoms with Gasteiger partial charge in [-0.15, -0.1) is 11.3 Å². The summed E-state index contributed by atoms with van der Waals surface area (Å²) in [6.45, 7) is 0.752. The number of aliphatic hydroxyl groups is 1. The Hall–Kier alpha value is 0.390. The molecular weight excluding hydrogens is 300 g/mol. The Kier molecular flexibility index (Phi) is 4.07. The van der Waals surface area contributed by atoms with Crippen LogP contribution < -0.4 is 0 Å². The number of halogens is 2. The van der Waals surface area contributed by atoms with Crippen LogP contribution in [0, 0.1) is 0 Å². The molecule has 15 heavy (non-hydrogen) atoms. The predicted molar refractivity (Wildman–Crippen MR) is 65.6 cm³/mol. The van der Waals surface area contributed by atoms with Gasteiger partial charge >= 0.3 is 0 Å². The molecule has 2 atom stereocenters. The van der Waals surface area contributed by atoms with Crippen molar-refractivity contribution in [1.29, 1.82) is 0 Å². The van der Waals surface area contributed by atoms with Crippen molar-refractivity contribution in [3.8, 4) is 0 Å². The molecule has 5 heteroatoms. The number of rotatable bonds is 2. The molecule has 1 aliphatic rings. The van der Waals surface area contributed by atoms with Gasteiger partial charge in [-0.3, -0.25) is 0 Å². The second-order valence-corrected chi connectivity index (χ2v) is 6.43. The summed E-state index contributed by atoms with van der Waals surface area (Å²) in [4.78, 5) is 0.874. The standard InChI is InChI=1S/C10H12BrClO2S/c11-10-6(12)5-8(15-10)9(13)7-3-1-2-4-14-7/h5,7,9,13H,1-4H2. The van der Waals surface area contributed by atoms with Crippen LogP contribution in [-0.4, -0.2) is 17.8 Å². The van der Waals surface area contributed by atoms with Crippen LogP contribution in [0.2, 0.25) is 5.02 Å². The zero-order valence-corrected chi connectivity index (χ0v) is 11.2. The molecule has 2 unspecified atom stereocenters. The summed E-state index contributed by atoms with van der Waals surface area (Å²) in [5.74, 6) is 0. The fourth-order valence-electron chi connectivity index (χ4n) is 1.71. The quantitative estimate of drug-likeness (QED) is 0.901. The number of ether oxygens (including phenoxy) is 1. The van der Waals surface area contributed by atoms with Gasteiger partial charge in [-0.2, -0.15) is 0 Å². The SMILES string of the molecule is OC(c1cc(Cl)c(Br)s1)C1CCCCO1. The topological polar surface area (TPSA) is 29.5 Å². The highest BCUT2D eigenvalue weighted by molar-refractivity contribution is 9.11. The molecule has 2 nitrogen and oxygen atoms in total. The van der Waals surface area contributed by atoms with Gasteiger partial charge in [0, 0.05) is 11.5 Å². The lowest BCUT2D eigenvalue weighted by atomic mass is 10.0. The summed E-state index contributed by atoms with van der Waals surface area (Å²) in [7, 11) is 0. The molecule has 0 radical (unpaired) electrons. The van der Waals surface area contributed by atoms with Gasteiger partial charge in [0.1, 0.15) is 6.10 Å². The van der Waals surface area contributed by atoms with Gasteiger partial charge in [0.25, 0.3) is 0 Å². The number of hydrogen-bond acceptors (Lipinski definition) is 3. The van der Waals surface area contributed by atoms with Gasteiger partial charge in [0.05, 0.1) is 14.9 Å². The summed E-state index contributed by atoms with van der Waals surface area (Å²) in [6.07, 6.45) is 2.54. The predicted octanol–water partition coefficient (Wildman–Crippen LogP) is 3.77. The largest absolute Gasteiger partial charge is 0.385 e. The summed E-state index contributed by atoms with van der Waals surface area (Å²) >= 11 is 10.7. The monoisotopic (exact) mass is 310 g/mol. The molecule has 1 N–H and O–H groups in total. The lowest BCUT2D eigenvalue weighted by Crippen LogP contribution is -2.25. The van der Waals surface area contributed by atoms with E-state index in [1.54, 1.807) is 6.07 Å². The summed E-state index contributed by atoms with van der Waals surface area (Å²) < 4.78 is 6.41. The van der Waals surface area contributed by atoms with E-state index >= 15 is 0 Å². The molecule has 1 aromatic heterocycles. The molecule has 0 bridgehead atoms. The van der Waals surface area contributed by atoms with Crippen LogP contribution in [0.15, 0.2) is 9.85 Å². The highest BCUT2D eigenvalue weighted by atomic mass is 79.9. The molecule has 84 valence electrons. The Morgan fingerprint density at radius 3 is 2.93 bits per heavy atom. The molecule has 1 aromatic rings. The van der Waals surface area contributed by atoms with Crippen molar-refractivity contribution in [2.24, 2.45) is 0 Å². The van der Waals surface area contributed by atoms with Crippen LogP contribution in [-0.2, 0) is 4.74 Å². The third-order valence-electron chi connectivity index (χ3n) is 2.52. The van der Waals surface area contributed by atoms with Gasteiger partial charge in [-0.25, -0.2) is 0 Å². The van der Waals surface area contributed by atoms with E-state index < -0.39 is 6.10 Å². The average molecular weight is 312 g/mol. The van der Waals surface area contributed by atoms with Gasteiger partial charge < -0.3 is 9.84 Å². The lowest BCUT2D eigenvalue weighted by molar-refractivity contribution is -0.0620. The van der Waals surface area contributed by atoms with E-state index in [4.69, 9.17) is 16.3 Å². The second-order valence-electron chi connectivity index (χ2n) is 3.62. The van der Waals surface area contributed by atoms with Crippen molar-refractivity contribution in [1.82, 2.24) is 0 Å². The molecule has 0 amide bonds. The molecule has 0 aliphatic carbocycles. The first-order valence-electron chi connectivity index (χ1n) is 4.93. The highest BCUT2D eigenvalue weighted by Crippen LogP contribution is 2.38. The maximum absolute atomic E-state index is 10.1. The summed E-state index contributed by atoms with van der Waals surface area (Å²) in [5.41, 5.74) is 0. The fourth-order valence-corrected chi connectivity index (χ4v) is 3.49. The van der Waals surface area contributed by atoms with Crippen LogP contribution in [0.4, 0.5) is 0 Å². The average Bonchev–Trinajstić information content (AvgIpc) is 2.59. The van der Waals surface area contributed by atoms with Crippen molar-refractivity contribution in [3.05, 3.63) is 19.8 Å². The normalized spacial score (nSPS) is 24.1. The van der Waals surface area contributed by atoms with Crippen molar-refractivity contribution in [2.45, 2.75) is 31.5 Å². The van der Waals surface area contributed by atoms with E-state index in [1.165, 1.54) is 11.3 Å². The maximum Gasteiger partial charge on any atom is 0.114 e. The van der Waals surface area contributed by atoms with Crippen LogP contribution >= 0.6 is 38.9 Å². The molecule has 0 aromatic carbocycles. The zero-order chi connectivity index (χ0) is 10.8. The van der Waals surface area contributed by atoms with E-state index in [1.807, 2.05) is 0 Å². The highest BCUT2D eigenvalue weighted by Gasteiger charge is 2.25. The van der Waals surface area contributed by atoms with E-state index in [-0.39, 0.29) is 6.10 Å². The van der Waals surface area contributed by atoms with E-state index in [2.05, 4.69) is 15.9 Å². The Balaban J connectivity index is 2.08. The maximum atomic E-state index is 10.1. The molecule has 0 saturated carbocycles. The zero-order valence-electron chi connectivity index (χ0n) is 8.08. The Bertz CT molecular complexity index is 317. The van der Waals surface area contributed by atoms with Crippen molar-refractivity contribution >= 4 is 38.9 Å². The Morgan fingerprint density at radius 1 is 1.60 bits per heavy atom. The van der Waals surface area contributed by atoms with E-state index in [0.717, 1.165) is 34.5 Å². The molecule has 1 saturated heterocycles. The van der Waals surface area contributed by atoms with Crippen LogP contribution in [0.3, 0.4) is 0 Å². The second kappa shape index (κ2) is 5.15. The smallest absolute Gasteiger partial charge is 0.114 e. The van der Waals surface area contributed by atoms with E-state index in [9.17, 15) is 5.11 Å². The Labute approximate surface area is 106 Å². The fraction of sp³-hybridized carbons (Fsp3) is 0.600. The molecule has 2 heterocycles. The van der Waals surface area contributed by atoms with Crippen molar-refractivity contribution < 1.29 is 9.84 Å². The first-order chi connectivity index (χ1) is 7.18. The first-order valence-corrected chi connectivity index (χ1v) is 6.91. The van der Waals surface area contributed by atoms with Crippen LogP contribution in [0.5, 0.6) is 0 Å². The lowest BCUT2D eigenvalue weighted by Gasteiger charge is -2.26. The van der Waals surface area contributed by atoms with Crippen molar-refractivity contribution in [3.63, 3.8) is 0 Å². The molecular formula is C10H12BrClO2S. The van der Waals surface area contributed by atoms with Gasteiger partial charge in [-0.05, 0) is 41.3 Å². The minimum atomic E-state index is -0.543. The number of hydrogen-bond donors (Lipinski definition) is 1. The molecule has 0 spiro atoms. The van der Waals surface area contributed by atoms with Crippen LogP contribution in [0.25, 0.3) is 0 Å².